The highest BCUT2D eigenvalue weighted by atomic mass is 16.6. The molecular formula is C76H124O6. The summed E-state index contributed by atoms with van der Waals surface area (Å²) in [6.45, 7) is 6.40. The van der Waals surface area contributed by atoms with E-state index in [2.05, 4.69) is 167 Å². The molecular weight excluding hydrogens is 1010 g/mol. The molecule has 0 heterocycles. The van der Waals surface area contributed by atoms with Crippen LogP contribution in [-0.2, 0) is 28.6 Å². The molecule has 0 aromatic carbocycles. The Balaban J connectivity index is 4.43. The van der Waals surface area contributed by atoms with Crippen LogP contribution in [0.4, 0.5) is 0 Å². The highest BCUT2D eigenvalue weighted by molar-refractivity contribution is 5.71. The maximum absolute atomic E-state index is 12.9. The van der Waals surface area contributed by atoms with Crippen LogP contribution >= 0.6 is 0 Å². The maximum Gasteiger partial charge on any atom is 0.306 e. The van der Waals surface area contributed by atoms with Crippen molar-refractivity contribution in [2.24, 2.45) is 0 Å². The number of ether oxygens (including phenoxy) is 3. The second-order valence-electron chi connectivity index (χ2n) is 22.0. The van der Waals surface area contributed by atoms with Crippen LogP contribution in [0.25, 0.3) is 0 Å². The summed E-state index contributed by atoms with van der Waals surface area (Å²) in [5.41, 5.74) is 0. The monoisotopic (exact) mass is 1130 g/mol. The van der Waals surface area contributed by atoms with Crippen molar-refractivity contribution in [3.8, 4) is 0 Å². The lowest BCUT2D eigenvalue weighted by Crippen LogP contribution is -2.30. The minimum absolute atomic E-state index is 0.0972. The molecule has 0 aliphatic heterocycles. The molecule has 6 heteroatoms. The van der Waals surface area contributed by atoms with E-state index in [1.165, 1.54) is 109 Å². The lowest BCUT2D eigenvalue weighted by molar-refractivity contribution is -0.167. The second kappa shape index (κ2) is 68.8. The lowest BCUT2D eigenvalue weighted by Gasteiger charge is -2.18. The van der Waals surface area contributed by atoms with Crippen LogP contribution in [-0.4, -0.2) is 37.2 Å². The third-order valence-electron chi connectivity index (χ3n) is 14.1. The van der Waals surface area contributed by atoms with Gasteiger partial charge in [0.1, 0.15) is 13.2 Å². The van der Waals surface area contributed by atoms with Gasteiger partial charge in [0.05, 0.1) is 0 Å². The van der Waals surface area contributed by atoms with E-state index < -0.39 is 6.10 Å². The van der Waals surface area contributed by atoms with Crippen LogP contribution in [0.1, 0.15) is 297 Å². The van der Waals surface area contributed by atoms with Gasteiger partial charge in [-0.25, -0.2) is 0 Å². The molecule has 0 saturated carbocycles. The Morgan fingerprint density at radius 2 is 0.476 bits per heavy atom. The van der Waals surface area contributed by atoms with Crippen LogP contribution in [0.2, 0.25) is 0 Å². The van der Waals surface area contributed by atoms with Crippen LogP contribution < -0.4 is 0 Å². The van der Waals surface area contributed by atoms with Gasteiger partial charge in [-0.2, -0.15) is 0 Å². The smallest absolute Gasteiger partial charge is 0.306 e. The van der Waals surface area contributed by atoms with E-state index in [0.717, 1.165) is 148 Å². The van der Waals surface area contributed by atoms with Crippen molar-refractivity contribution >= 4 is 17.9 Å². The summed E-state index contributed by atoms with van der Waals surface area (Å²) >= 11 is 0. The first-order chi connectivity index (χ1) is 40.5. The largest absolute Gasteiger partial charge is 0.462 e. The fraction of sp³-hybridized carbons (Fsp3) is 0.645. The Morgan fingerprint density at radius 1 is 0.256 bits per heavy atom. The minimum Gasteiger partial charge on any atom is -0.462 e. The van der Waals surface area contributed by atoms with E-state index in [-0.39, 0.29) is 37.5 Å². The zero-order valence-electron chi connectivity index (χ0n) is 53.2. The van der Waals surface area contributed by atoms with E-state index in [4.69, 9.17) is 14.2 Å². The molecule has 0 aromatic heterocycles. The van der Waals surface area contributed by atoms with E-state index in [9.17, 15) is 14.4 Å². The van der Waals surface area contributed by atoms with Crippen molar-refractivity contribution in [2.45, 2.75) is 303 Å². The summed E-state index contributed by atoms with van der Waals surface area (Å²) in [7, 11) is 0. The quantitative estimate of drug-likeness (QED) is 0.0261. The number of esters is 3. The molecule has 0 fully saturated rings. The Morgan fingerprint density at radius 3 is 0.756 bits per heavy atom. The number of hydrogen-bond acceptors (Lipinski definition) is 6. The average Bonchev–Trinajstić information content (AvgIpc) is 3.47. The molecule has 0 rings (SSSR count). The first-order valence-corrected chi connectivity index (χ1v) is 33.8. The van der Waals surface area contributed by atoms with Crippen LogP contribution in [0.5, 0.6) is 0 Å². The van der Waals surface area contributed by atoms with Gasteiger partial charge >= 0.3 is 17.9 Å². The number of unbranched alkanes of at least 4 members (excludes halogenated alkanes) is 25. The zero-order chi connectivity index (χ0) is 59.2. The first kappa shape index (κ1) is 77.3. The Labute approximate surface area is 506 Å². The summed E-state index contributed by atoms with van der Waals surface area (Å²) in [6, 6.07) is 0. The topological polar surface area (TPSA) is 78.9 Å². The molecule has 6 nitrogen and oxygen atoms in total. The molecule has 0 aliphatic rings. The normalized spacial score (nSPS) is 13.1. The highest BCUT2D eigenvalue weighted by Crippen LogP contribution is 2.16. The molecule has 82 heavy (non-hydrogen) atoms. The fourth-order valence-corrected chi connectivity index (χ4v) is 9.10. The van der Waals surface area contributed by atoms with Gasteiger partial charge in [0.2, 0.25) is 0 Å². The second-order valence-corrected chi connectivity index (χ2v) is 22.0. The number of allylic oxidation sites excluding steroid dienone is 24. The minimum atomic E-state index is -0.806. The third-order valence-corrected chi connectivity index (χ3v) is 14.1. The zero-order valence-corrected chi connectivity index (χ0v) is 53.2. The number of carbonyl (C=O) groups is 3. The van der Waals surface area contributed by atoms with Crippen LogP contribution in [0, 0.1) is 0 Å². The summed E-state index contributed by atoms with van der Waals surface area (Å²) in [6.07, 6.45) is 98.5. The Bertz CT molecular complexity index is 1780. The van der Waals surface area contributed by atoms with E-state index >= 15 is 0 Å². The van der Waals surface area contributed by atoms with E-state index in [0.29, 0.717) is 12.8 Å². The molecule has 464 valence electrons. The molecule has 0 amide bonds. The SMILES string of the molecule is CC/C=C\C/C=C\C/C=C\C/C=C\C/C=C\C/C=C\C/C=C\CCCCCCCCCC(=O)OCC(COC(=O)CCCCCCCCCCCCCCCCCC)OC(=O)CCCCC/C=C\C/C=C\C/C=C\C/C=C\C/C=C\CC. The predicted octanol–water partition coefficient (Wildman–Crippen LogP) is 23.5. The van der Waals surface area contributed by atoms with Gasteiger partial charge in [-0.1, -0.05) is 301 Å². The van der Waals surface area contributed by atoms with Crippen molar-refractivity contribution in [1.82, 2.24) is 0 Å². The number of carbonyl (C=O) groups excluding carboxylic acids is 3. The molecule has 0 N–H and O–H groups in total. The number of rotatable bonds is 60. The fourth-order valence-electron chi connectivity index (χ4n) is 9.10. The van der Waals surface area contributed by atoms with Gasteiger partial charge in [-0.15, -0.1) is 0 Å². The van der Waals surface area contributed by atoms with Crippen LogP contribution in [0.3, 0.4) is 0 Å². The Hall–Kier alpha value is -4.71. The summed E-state index contributed by atoms with van der Waals surface area (Å²) in [5.74, 6) is -0.936. The predicted molar refractivity (Wildman–Crippen MR) is 357 cm³/mol. The summed E-state index contributed by atoms with van der Waals surface area (Å²) in [5, 5.41) is 0. The molecule has 0 bridgehead atoms. The van der Waals surface area contributed by atoms with Gasteiger partial charge < -0.3 is 14.2 Å². The lowest BCUT2D eigenvalue weighted by atomic mass is 10.0. The average molecular weight is 1130 g/mol. The van der Waals surface area contributed by atoms with E-state index in [1.807, 2.05) is 0 Å². The summed E-state index contributed by atoms with van der Waals surface area (Å²) < 4.78 is 16.9. The Kier molecular flexibility index (Phi) is 64.8. The maximum atomic E-state index is 12.9. The van der Waals surface area contributed by atoms with Gasteiger partial charge in [0.25, 0.3) is 0 Å². The van der Waals surface area contributed by atoms with Crippen molar-refractivity contribution in [3.05, 3.63) is 146 Å². The van der Waals surface area contributed by atoms with Gasteiger partial charge in [-0.3, -0.25) is 14.4 Å². The highest BCUT2D eigenvalue weighted by Gasteiger charge is 2.19. The van der Waals surface area contributed by atoms with Crippen molar-refractivity contribution < 1.29 is 28.6 Å². The third kappa shape index (κ3) is 66.1. The van der Waals surface area contributed by atoms with Crippen molar-refractivity contribution in [3.63, 3.8) is 0 Å². The van der Waals surface area contributed by atoms with Crippen molar-refractivity contribution in [2.75, 3.05) is 13.2 Å². The summed E-state index contributed by atoms with van der Waals surface area (Å²) in [4.78, 5) is 38.4. The molecule has 0 spiro atoms. The first-order valence-electron chi connectivity index (χ1n) is 33.8. The molecule has 1 unspecified atom stereocenters. The molecule has 0 saturated heterocycles. The molecule has 0 radical (unpaired) electrons. The van der Waals surface area contributed by atoms with Gasteiger partial charge in [0.15, 0.2) is 6.10 Å². The molecule has 0 aliphatic carbocycles. The standard InChI is InChI=1S/C76H124O6/c1-4-7-10-13-16-19-22-25-28-31-33-34-35-36-37-38-39-40-41-42-44-45-48-51-54-57-60-63-66-69-75(78)81-72-73(71-80-74(77)68-65-62-59-56-53-50-47-30-27-24-21-18-15-12-9-6-3)82-76(79)70-67-64-61-58-55-52-49-46-43-32-29-26-23-20-17-14-11-8-5-2/h7-8,10-11,16-17,19-20,25-26,28-29,33-34,36-37,39-40,42-44,46,52,55,73H,4-6,9,12-15,18,21-24,27,30-32,35,38,41,45,47-51,53-54,56-72H2,1-3H3/b10-7-,11-8-,19-16-,20-17-,28-25-,29-26-,34-33-,37-36-,40-39-,44-42-,46-43-,55-52-. The van der Waals surface area contributed by atoms with Gasteiger partial charge in [0, 0.05) is 19.3 Å². The molecule has 1 atom stereocenters. The number of hydrogen-bond donors (Lipinski definition) is 0. The molecule has 0 aromatic rings. The van der Waals surface area contributed by atoms with E-state index in [1.54, 1.807) is 0 Å². The van der Waals surface area contributed by atoms with Crippen LogP contribution in [0.15, 0.2) is 146 Å². The van der Waals surface area contributed by atoms with Gasteiger partial charge in [-0.05, 0) is 122 Å². The van der Waals surface area contributed by atoms with Crippen molar-refractivity contribution in [1.29, 1.82) is 0 Å².